The fourth-order valence-electron chi connectivity index (χ4n) is 2.76. The van der Waals surface area contributed by atoms with Gasteiger partial charge in [-0.05, 0) is 44.2 Å². The van der Waals surface area contributed by atoms with E-state index in [2.05, 4.69) is 5.32 Å². The largest absolute Gasteiger partial charge is 0.405 e. The van der Waals surface area contributed by atoms with Crippen molar-refractivity contribution >= 4 is 15.9 Å². The number of nitrogens with one attached hydrogen (secondary N) is 2. The molecule has 10 heteroatoms. The summed E-state index contributed by atoms with van der Waals surface area (Å²) in [4.78, 5) is 11.7. The van der Waals surface area contributed by atoms with Crippen LogP contribution in [0.15, 0.2) is 29.2 Å². The summed E-state index contributed by atoms with van der Waals surface area (Å²) in [6.07, 6.45) is -2.97. The number of nitrogens with zero attached hydrogens (tertiary/aromatic N) is 1. The van der Waals surface area contributed by atoms with Crippen molar-refractivity contribution in [1.29, 1.82) is 0 Å². The van der Waals surface area contributed by atoms with Crippen molar-refractivity contribution < 1.29 is 26.4 Å². The van der Waals surface area contributed by atoms with Crippen LogP contribution in [0.25, 0.3) is 0 Å². The lowest BCUT2D eigenvalue weighted by Crippen LogP contribution is -2.40. The molecule has 1 aromatic carbocycles. The molecule has 1 fully saturated rings. The lowest BCUT2D eigenvalue weighted by molar-refractivity contribution is -0.123. The van der Waals surface area contributed by atoms with Gasteiger partial charge in [-0.1, -0.05) is 0 Å². The third-order valence-corrected chi connectivity index (χ3v) is 5.90. The minimum absolute atomic E-state index is 0.0166. The average molecular weight is 379 g/mol. The molecule has 6 nitrogen and oxygen atoms in total. The molecule has 1 unspecified atom stereocenters. The van der Waals surface area contributed by atoms with Crippen LogP contribution in [-0.4, -0.2) is 57.5 Å². The maximum atomic E-state index is 12.7. The number of carbonyl (C=O) groups is 1. The highest BCUT2D eigenvalue weighted by molar-refractivity contribution is 7.89. The maximum absolute atomic E-state index is 12.7. The third-order valence-electron chi connectivity index (χ3n) is 3.94. The van der Waals surface area contributed by atoms with Gasteiger partial charge in [0.15, 0.2) is 0 Å². The predicted octanol–water partition coefficient (Wildman–Crippen LogP) is 1.35. The number of alkyl halides is 3. The summed E-state index contributed by atoms with van der Waals surface area (Å²) in [5, 5.41) is 4.71. The Morgan fingerprint density at radius 1 is 1.28 bits per heavy atom. The monoisotopic (exact) mass is 379 g/mol. The van der Waals surface area contributed by atoms with Gasteiger partial charge in [0.1, 0.15) is 6.54 Å². The molecule has 0 radical (unpaired) electrons. The zero-order valence-corrected chi connectivity index (χ0v) is 14.5. The molecular formula is C15H20F3N3O3S. The predicted molar refractivity (Wildman–Crippen MR) is 85.7 cm³/mol. The first-order valence-electron chi connectivity index (χ1n) is 7.76. The van der Waals surface area contributed by atoms with E-state index < -0.39 is 28.7 Å². The Balaban J connectivity index is 2.12. The molecule has 1 amide bonds. The summed E-state index contributed by atoms with van der Waals surface area (Å²) >= 11 is 0. The SMILES string of the molecule is CNCC1CCCN1S(=O)(=O)c1ccc(C(=O)NCC(F)(F)F)cc1. The molecule has 0 saturated carbocycles. The first-order chi connectivity index (χ1) is 11.6. The molecule has 25 heavy (non-hydrogen) atoms. The fraction of sp³-hybridized carbons (Fsp3) is 0.533. The molecule has 0 bridgehead atoms. The second-order valence-corrected chi connectivity index (χ2v) is 7.68. The maximum Gasteiger partial charge on any atom is 0.405 e. The van der Waals surface area contributed by atoms with Gasteiger partial charge >= 0.3 is 6.18 Å². The molecule has 1 aliphatic rings. The van der Waals surface area contributed by atoms with Crippen molar-refractivity contribution in [3.8, 4) is 0 Å². The van der Waals surface area contributed by atoms with Crippen LogP contribution in [0.1, 0.15) is 23.2 Å². The van der Waals surface area contributed by atoms with Gasteiger partial charge in [0, 0.05) is 24.7 Å². The quantitative estimate of drug-likeness (QED) is 0.782. The molecule has 2 rings (SSSR count). The highest BCUT2D eigenvalue weighted by Crippen LogP contribution is 2.26. The number of hydrogen-bond donors (Lipinski definition) is 2. The molecule has 1 aromatic rings. The van der Waals surface area contributed by atoms with E-state index in [-0.39, 0.29) is 16.5 Å². The Morgan fingerprint density at radius 2 is 1.92 bits per heavy atom. The highest BCUT2D eigenvalue weighted by atomic mass is 32.2. The molecule has 0 aromatic heterocycles. The summed E-state index contributed by atoms with van der Waals surface area (Å²) in [5.74, 6) is -0.907. The molecule has 140 valence electrons. The van der Waals surface area contributed by atoms with E-state index in [0.717, 1.165) is 12.8 Å². The first kappa shape index (κ1) is 19.7. The first-order valence-corrected chi connectivity index (χ1v) is 9.20. The van der Waals surface area contributed by atoms with Gasteiger partial charge in [-0.3, -0.25) is 4.79 Å². The topological polar surface area (TPSA) is 78.5 Å². The van der Waals surface area contributed by atoms with Crippen LogP contribution in [0.3, 0.4) is 0 Å². The highest BCUT2D eigenvalue weighted by Gasteiger charge is 2.35. The summed E-state index contributed by atoms with van der Waals surface area (Å²) in [7, 11) is -1.96. The van der Waals surface area contributed by atoms with Crippen LogP contribution in [0.5, 0.6) is 0 Å². The summed E-state index contributed by atoms with van der Waals surface area (Å²) in [6, 6.07) is 4.77. The number of halogens is 3. The van der Waals surface area contributed by atoms with Gasteiger partial charge in [0.2, 0.25) is 10.0 Å². The number of sulfonamides is 1. The van der Waals surface area contributed by atoms with Crippen LogP contribution in [-0.2, 0) is 10.0 Å². The second-order valence-electron chi connectivity index (χ2n) is 5.79. The minimum Gasteiger partial charge on any atom is -0.343 e. The van der Waals surface area contributed by atoms with Crippen LogP contribution in [0.2, 0.25) is 0 Å². The number of rotatable bonds is 6. The Morgan fingerprint density at radius 3 is 2.48 bits per heavy atom. The van der Waals surface area contributed by atoms with Gasteiger partial charge in [-0.25, -0.2) is 8.42 Å². The van der Waals surface area contributed by atoms with Crippen molar-refractivity contribution in [3.63, 3.8) is 0 Å². The summed E-state index contributed by atoms with van der Waals surface area (Å²) in [6.45, 7) is -0.481. The molecule has 0 aliphatic carbocycles. The smallest absolute Gasteiger partial charge is 0.343 e. The Kier molecular flexibility index (Phi) is 6.07. The van der Waals surface area contributed by atoms with Crippen molar-refractivity contribution in [3.05, 3.63) is 29.8 Å². The van der Waals surface area contributed by atoms with Crippen LogP contribution < -0.4 is 10.6 Å². The van der Waals surface area contributed by atoms with Gasteiger partial charge in [0.05, 0.1) is 4.90 Å². The Hall–Kier alpha value is -1.65. The number of benzene rings is 1. The summed E-state index contributed by atoms with van der Waals surface area (Å²) < 4.78 is 63.2. The molecule has 2 N–H and O–H groups in total. The molecule has 1 atom stereocenters. The van der Waals surface area contributed by atoms with Crippen molar-refractivity contribution in [2.75, 3.05) is 26.7 Å². The fourth-order valence-corrected chi connectivity index (χ4v) is 4.45. The number of hydrogen-bond acceptors (Lipinski definition) is 4. The van der Waals surface area contributed by atoms with Gasteiger partial charge in [-0.2, -0.15) is 17.5 Å². The lowest BCUT2D eigenvalue weighted by atomic mass is 10.2. The number of amides is 1. The van der Waals surface area contributed by atoms with Gasteiger partial charge < -0.3 is 10.6 Å². The third kappa shape index (κ3) is 4.93. The molecular weight excluding hydrogens is 359 g/mol. The zero-order valence-electron chi connectivity index (χ0n) is 13.6. The lowest BCUT2D eigenvalue weighted by Gasteiger charge is -2.24. The van der Waals surface area contributed by atoms with E-state index in [1.807, 2.05) is 0 Å². The van der Waals surface area contributed by atoms with E-state index in [4.69, 9.17) is 0 Å². The summed E-state index contributed by atoms with van der Waals surface area (Å²) in [5.41, 5.74) is -0.0311. The van der Waals surface area contributed by atoms with Crippen molar-refractivity contribution in [2.45, 2.75) is 30.0 Å². The molecule has 1 aliphatic heterocycles. The standard InChI is InChI=1S/C15H20F3N3O3S/c1-19-9-12-3-2-8-21(12)25(23,24)13-6-4-11(5-7-13)14(22)20-10-15(16,17)18/h4-7,12,19H,2-3,8-10H2,1H3,(H,20,22). The van der Waals surface area contributed by atoms with E-state index >= 15 is 0 Å². The van der Waals surface area contributed by atoms with E-state index in [1.165, 1.54) is 28.6 Å². The Bertz CT molecular complexity index is 705. The van der Waals surface area contributed by atoms with Gasteiger partial charge in [-0.15, -0.1) is 0 Å². The van der Waals surface area contributed by atoms with Crippen molar-refractivity contribution in [2.24, 2.45) is 0 Å². The van der Waals surface area contributed by atoms with Crippen molar-refractivity contribution in [1.82, 2.24) is 14.9 Å². The Labute approximate surface area is 144 Å². The zero-order chi connectivity index (χ0) is 18.7. The minimum atomic E-state index is -4.50. The van der Waals surface area contributed by atoms with E-state index in [9.17, 15) is 26.4 Å². The second kappa shape index (κ2) is 7.71. The van der Waals surface area contributed by atoms with E-state index in [0.29, 0.717) is 13.1 Å². The molecule has 0 spiro atoms. The number of carbonyl (C=O) groups excluding carboxylic acids is 1. The van der Waals surface area contributed by atoms with Crippen LogP contribution in [0, 0.1) is 0 Å². The molecule has 1 heterocycles. The van der Waals surface area contributed by atoms with E-state index in [1.54, 1.807) is 12.4 Å². The van der Waals surface area contributed by atoms with Gasteiger partial charge in [0.25, 0.3) is 5.91 Å². The van der Waals surface area contributed by atoms with Crippen LogP contribution in [0.4, 0.5) is 13.2 Å². The number of likely N-dealkylation sites (N-methyl/N-ethyl adjacent to an activating group) is 1. The normalized spacial score (nSPS) is 19.1. The van der Waals surface area contributed by atoms with Crippen LogP contribution >= 0.6 is 0 Å². The average Bonchev–Trinajstić information content (AvgIpc) is 3.01. The molecule has 1 saturated heterocycles.